The van der Waals surface area contributed by atoms with E-state index < -0.39 is 0 Å². The Bertz CT molecular complexity index is 420. The minimum atomic E-state index is 0.462. The number of halogens is 1. The summed E-state index contributed by atoms with van der Waals surface area (Å²) in [5, 5.41) is 0. The molecular formula is C17H25Br. The van der Waals surface area contributed by atoms with Crippen molar-refractivity contribution >= 4 is 15.9 Å². The summed E-state index contributed by atoms with van der Waals surface area (Å²) in [4.78, 5) is 0.508. The maximum Gasteiger partial charge on any atom is 0.0431 e. The van der Waals surface area contributed by atoms with E-state index in [1.807, 2.05) is 0 Å². The Morgan fingerprint density at radius 3 is 2.56 bits per heavy atom. The van der Waals surface area contributed by atoms with Crippen LogP contribution in [0.4, 0.5) is 0 Å². The molecule has 0 radical (unpaired) electrons. The molecule has 2 atom stereocenters. The molecule has 0 spiro atoms. The Hall–Kier alpha value is -0.300. The van der Waals surface area contributed by atoms with Gasteiger partial charge in [0.15, 0.2) is 0 Å². The Balaban J connectivity index is 2.27. The summed E-state index contributed by atoms with van der Waals surface area (Å²) in [5.41, 5.74) is 4.74. The van der Waals surface area contributed by atoms with E-state index >= 15 is 0 Å². The van der Waals surface area contributed by atoms with Crippen molar-refractivity contribution in [2.24, 2.45) is 11.3 Å². The smallest absolute Gasteiger partial charge is 0.0431 e. The van der Waals surface area contributed by atoms with Gasteiger partial charge in [0.2, 0.25) is 0 Å². The highest BCUT2D eigenvalue weighted by atomic mass is 79.9. The lowest BCUT2D eigenvalue weighted by atomic mass is 9.66. The predicted molar refractivity (Wildman–Crippen MR) is 83.3 cm³/mol. The average molecular weight is 309 g/mol. The van der Waals surface area contributed by atoms with Crippen molar-refractivity contribution in [3.8, 4) is 0 Å². The first-order chi connectivity index (χ1) is 8.42. The van der Waals surface area contributed by atoms with Crippen molar-refractivity contribution in [2.75, 3.05) is 0 Å². The second-order valence-corrected chi connectivity index (χ2v) is 7.59. The molecular weight excluding hydrogens is 284 g/mol. The molecule has 0 nitrogen and oxygen atoms in total. The zero-order valence-electron chi connectivity index (χ0n) is 12.1. The minimum absolute atomic E-state index is 0.462. The quantitative estimate of drug-likeness (QED) is 0.592. The van der Waals surface area contributed by atoms with Crippen LogP contribution in [0, 0.1) is 25.2 Å². The summed E-state index contributed by atoms with van der Waals surface area (Å²) < 4.78 is 0. The highest BCUT2D eigenvalue weighted by molar-refractivity contribution is 9.09. The SMILES string of the molecule is Cc1ccc(C(Br)C2CCCCC2(C)C)c(C)c1. The van der Waals surface area contributed by atoms with Gasteiger partial charge in [-0.1, -0.05) is 66.4 Å². The van der Waals surface area contributed by atoms with Gasteiger partial charge in [-0.2, -0.15) is 0 Å². The first kappa shape index (κ1) is 14.1. The average Bonchev–Trinajstić information content (AvgIpc) is 2.27. The monoisotopic (exact) mass is 308 g/mol. The molecule has 1 heteroatoms. The van der Waals surface area contributed by atoms with Crippen LogP contribution in [0.15, 0.2) is 18.2 Å². The fourth-order valence-corrected chi connectivity index (χ4v) is 4.91. The van der Waals surface area contributed by atoms with E-state index in [4.69, 9.17) is 0 Å². The predicted octanol–water partition coefficient (Wildman–Crippen LogP) is 5.96. The third kappa shape index (κ3) is 2.82. The zero-order chi connectivity index (χ0) is 13.3. The molecule has 1 aromatic rings. The molecule has 18 heavy (non-hydrogen) atoms. The molecule has 1 aliphatic carbocycles. The molecule has 0 N–H and O–H groups in total. The van der Waals surface area contributed by atoms with Crippen LogP contribution in [-0.2, 0) is 0 Å². The van der Waals surface area contributed by atoms with Crippen molar-refractivity contribution in [2.45, 2.75) is 58.2 Å². The number of hydrogen-bond donors (Lipinski definition) is 0. The Kier molecular flexibility index (Phi) is 4.21. The summed E-state index contributed by atoms with van der Waals surface area (Å²) in [7, 11) is 0. The fourth-order valence-electron chi connectivity index (χ4n) is 3.42. The van der Waals surface area contributed by atoms with E-state index in [1.165, 1.54) is 42.4 Å². The molecule has 0 amide bonds. The maximum absolute atomic E-state index is 4.00. The van der Waals surface area contributed by atoms with Crippen LogP contribution in [0.25, 0.3) is 0 Å². The Morgan fingerprint density at radius 1 is 1.22 bits per heavy atom. The van der Waals surface area contributed by atoms with E-state index in [1.54, 1.807) is 0 Å². The molecule has 2 unspecified atom stereocenters. The lowest BCUT2D eigenvalue weighted by Crippen LogP contribution is -2.30. The third-order valence-electron chi connectivity index (χ3n) is 4.67. The van der Waals surface area contributed by atoms with Gasteiger partial charge in [0.1, 0.15) is 0 Å². The van der Waals surface area contributed by atoms with Crippen LogP contribution < -0.4 is 0 Å². The van der Waals surface area contributed by atoms with Crippen molar-refractivity contribution < 1.29 is 0 Å². The molecule has 1 saturated carbocycles. The van der Waals surface area contributed by atoms with Gasteiger partial charge >= 0.3 is 0 Å². The van der Waals surface area contributed by atoms with Gasteiger partial charge in [-0.05, 0) is 49.1 Å². The number of aryl methyl sites for hydroxylation is 2. The molecule has 2 rings (SSSR count). The third-order valence-corrected chi connectivity index (χ3v) is 5.80. The Morgan fingerprint density at radius 2 is 1.94 bits per heavy atom. The minimum Gasteiger partial charge on any atom is -0.0835 e. The molecule has 1 aromatic carbocycles. The molecule has 0 bridgehead atoms. The Labute approximate surface area is 120 Å². The van der Waals surface area contributed by atoms with Crippen LogP contribution in [-0.4, -0.2) is 0 Å². The van der Waals surface area contributed by atoms with Crippen molar-refractivity contribution in [3.05, 3.63) is 34.9 Å². The fraction of sp³-hybridized carbons (Fsp3) is 0.647. The summed E-state index contributed by atoms with van der Waals surface area (Å²) in [6.45, 7) is 9.29. The number of hydrogen-bond acceptors (Lipinski definition) is 0. The van der Waals surface area contributed by atoms with E-state index in [0.717, 1.165) is 5.92 Å². The van der Waals surface area contributed by atoms with Crippen LogP contribution in [0.2, 0.25) is 0 Å². The molecule has 0 heterocycles. The maximum atomic E-state index is 4.00. The molecule has 1 fully saturated rings. The van der Waals surface area contributed by atoms with Crippen molar-refractivity contribution in [3.63, 3.8) is 0 Å². The molecule has 1 aliphatic rings. The molecule has 0 aromatic heterocycles. The van der Waals surface area contributed by atoms with Crippen molar-refractivity contribution in [1.29, 1.82) is 0 Å². The van der Waals surface area contributed by atoms with Gasteiger partial charge in [0.25, 0.3) is 0 Å². The van der Waals surface area contributed by atoms with Gasteiger partial charge in [-0.15, -0.1) is 0 Å². The van der Waals surface area contributed by atoms with Gasteiger partial charge in [0, 0.05) is 4.83 Å². The standard InChI is InChI=1S/C17H25Br/c1-12-8-9-14(13(2)11-12)16(18)15-7-5-6-10-17(15,3)4/h8-9,11,15-16H,5-7,10H2,1-4H3. The highest BCUT2D eigenvalue weighted by Gasteiger charge is 2.37. The van der Waals surface area contributed by atoms with Gasteiger partial charge < -0.3 is 0 Å². The molecule has 0 aliphatic heterocycles. The van der Waals surface area contributed by atoms with Crippen molar-refractivity contribution in [1.82, 2.24) is 0 Å². The summed E-state index contributed by atoms with van der Waals surface area (Å²) >= 11 is 4.00. The summed E-state index contributed by atoms with van der Waals surface area (Å²) in [6, 6.07) is 6.86. The number of benzene rings is 1. The lowest BCUT2D eigenvalue weighted by molar-refractivity contribution is 0.136. The normalized spacial score (nSPS) is 24.8. The molecule has 0 saturated heterocycles. The molecule has 100 valence electrons. The zero-order valence-corrected chi connectivity index (χ0v) is 13.7. The van der Waals surface area contributed by atoms with E-state index in [9.17, 15) is 0 Å². The number of alkyl halides is 1. The van der Waals surface area contributed by atoms with Crippen LogP contribution >= 0.6 is 15.9 Å². The van der Waals surface area contributed by atoms with E-state index in [0.29, 0.717) is 10.2 Å². The van der Waals surface area contributed by atoms with Gasteiger partial charge in [-0.3, -0.25) is 0 Å². The van der Waals surface area contributed by atoms with E-state index in [-0.39, 0.29) is 0 Å². The van der Waals surface area contributed by atoms with Gasteiger partial charge in [0.05, 0.1) is 0 Å². The van der Waals surface area contributed by atoms with E-state index in [2.05, 4.69) is 61.8 Å². The van der Waals surface area contributed by atoms with Crippen LogP contribution in [0.1, 0.15) is 61.0 Å². The number of rotatable bonds is 2. The van der Waals surface area contributed by atoms with Crippen LogP contribution in [0.3, 0.4) is 0 Å². The second-order valence-electron chi connectivity index (χ2n) is 6.60. The van der Waals surface area contributed by atoms with Gasteiger partial charge in [-0.25, -0.2) is 0 Å². The first-order valence-electron chi connectivity index (χ1n) is 7.13. The lowest BCUT2D eigenvalue weighted by Gasteiger charge is -2.42. The first-order valence-corrected chi connectivity index (χ1v) is 8.04. The summed E-state index contributed by atoms with van der Waals surface area (Å²) in [6.07, 6.45) is 5.51. The highest BCUT2D eigenvalue weighted by Crippen LogP contribution is 2.50. The topological polar surface area (TPSA) is 0 Å². The van der Waals surface area contributed by atoms with Crippen LogP contribution in [0.5, 0.6) is 0 Å². The second kappa shape index (κ2) is 5.36. The summed E-state index contributed by atoms with van der Waals surface area (Å²) in [5.74, 6) is 0.757. The largest absolute Gasteiger partial charge is 0.0835 e.